The first-order valence-corrected chi connectivity index (χ1v) is 6.93. The number of para-hydroxylation sites is 1. The number of benzene rings is 2. The molecule has 2 rings (SSSR count). The van der Waals surface area contributed by atoms with Gasteiger partial charge in [-0.25, -0.2) is 4.79 Å². The third-order valence-electron chi connectivity index (χ3n) is 3.03. The van der Waals surface area contributed by atoms with Gasteiger partial charge in [0, 0.05) is 19.1 Å². The van der Waals surface area contributed by atoms with Crippen LogP contribution in [0, 0.1) is 0 Å². The predicted molar refractivity (Wildman–Crippen MR) is 85.7 cm³/mol. The van der Waals surface area contributed by atoms with E-state index < -0.39 is 6.09 Å². The third-order valence-corrected chi connectivity index (χ3v) is 3.28. The molecule has 0 aromatic heterocycles. The summed E-state index contributed by atoms with van der Waals surface area (Å²) in [5.74, 6) is 0.0976. The van der Waals surface area contributed by atoms with Crippen molar-refractivity contribution in [1.29, 1.82) is 0 Å². The summed E-state index contributed by atoms with van der Waals surface area (Å²) in [5, 5.41) is 3.09. The lowest BCUT2D eigenvalue weighted by atomic mass is 10.1. The molecule has 0 radical (unpaired) electrons. The van der Waals surface area contributed by atoms with Gasteiger partial charge in [-0.1, -0.05) is 23.7 Å². The Morgan fingerprint density at radius 1 is 1.09 bits per heavy atom. The Morgan fingerprint density at radius 2 is 1.73 bits per heavy atom. The van der Waals surface area contributed by atoms with Crippen LogP contribution < -0.4 is 15.0 Å². The van der Waals surface area contributed by atoms with E-state index in [1.807, 2.05) is 0 Å². The van der Waals surface area contributed by atoms with Gasteiger partial charge in [-0.3, -0.25) is 9.69 Å². The number of carbonyl (C=O) groups excluding carboxylic acids is 2. The Morgan fingerprint density at radius 3 is 2.36 bits per heavy atom. The summed E-state index contributed by atoms with van der Waals surface area (Å²) >= 11 is 5.78. The summed E-state index contributed by atoms with van der Waals surface area (Å²) in [6.07, 6.45) is -0.598. The zero-order valence-corrected chi connectivity index (χ0v) is 12.9. The summed E-state index contributed by atoms with van der Waals surface area (Å²) in [7, 11) is 3.07. The highest BCUT2D eigenvalue weighted by atomic mass is 35.5. The average Bonchev–Trinajstić information content (AvgIpc) is 2.55. The fourth-order valence-corrected chi connectivity index (χ4v) is 1.99. The van der Waals surface area contributed by atoms with E-state index >= 15 is 0 Å². The van der Waals surface area contributed by atoms with Crippen molar-refractivity contribution < 1.29 is 14.3 Å². The van der Waals surface area contributed by atoms with E-state index in [-0.39, 0.29) is 5.91 Å². The standard InChI is InChI=1S/C16H15ClN2O3/c1-18-15(20)13-5-3-4-6-14(13)19(2)16(21)22-12-9-7-11(17)8-10-12/h3-10H,1-2H3,(H,18,20). The number of nitrogens with zero attached hydrogens (tertiary/aromatic N) is 1. The first-order valence-electron chi connectivity index (χ1n) is 6.55. The Bertz CT molecular complexity index is 686. The molecule has 0 saturated heterocycles. The molecule has 0 fully saturated rings. The summed E-state index contributed by atoms with van der Waals surface area (Å²) < 4.78 is 5.25. The number of carbonyl (C=O) groups is 2. The molecule has 2 amide bonds. The van der Waals surface area contributed by atoms with E-state index in [0.29, 0.717) is 22.0 Å². The second-order valence-electron chi connectivity index (χ2n) is 4.48. The maximum absolute atomic E-state index is 12.2. The predicted octanol–water partition coefficient (Wildman–Crippen LogP) is 3.33. The van der Waals surface area contributed by atoms with Crippen molar-refractivity contribution in [2.45, 2.75) is 0 Å². The van der Waals surface area contributed by atoms with E-state index in [1.165, 1.54) is 11.9 Å². The van der Waals surface area contributed by atoms with Gasteiger partial charge in [0.1, 0.15) is 5.75 Å². The number of rotatable bonds is 3. The molecule has 2 aromatic carbocycles. The van der Waals surface area contributed by atoms with Crippen molar-refractivity contribution in [1.82, 2.24) is 5.32 Å². The molecule has 0 saturated carbocycles. The van der Waals surface area contributed by atoms with Gasteiger partial charge in [-0.2, -0.15) is 0 Å². The first kappa shape index (κ1) is 15.9. The van der Waals surface area contributed by atoms with Gasteiger partial charge in [0.15, 0.2) is 0 Å². The maximum Gasteiger partial charge on any atom is 0.419 e. The SMILES string of the molecule is CNC(=O)c1ccccc1N(C)C(=O)Oc1ccc(Cl)cc1. The van der Waals surface area contributed by atoms with Crippen molar-refractivity contribution in [3.8, 4) is 5.75 Å². The molecule has 6 heteroatoms. The Labute approximate surface area is 133 Å². The van der Waals surface area contributed by atoms with E-state index in [9.17, 15) is 9.59 Å². The Hall–Kier alpha value is -2.53. The van der Waals surface area contributed by atoms with Crippen LogP contribution in [0.3, 0.4) is 0 Å². The number of hydrogen-bond acceptors (Lipinski definition) is 3. The largest absolute Gasteiger partial charge is 0.419 e. The van der Waals surface area contributed by atoms with E-state index in [1.54, 1.807) is 55.6 Å². The molecule has 0 aliphatic heterocycles. The van der Waals surface area contributed by atoms with Gasteiger partial charge in [-0.05, 0) is 36.4 Å². The molecule has 0 unspecified atom stereocenters. The van der Waals surface area contributed by atoms with E-state index in [2.05, 4.69) is 5.32 Å². The van der Waals surface area contributed by atoms with Gasteiger partial charge in [0.25, 0.3) is 5.91 Å². The molecule has 0 spiro atoms. The maximum atomic E-state index is 12.2. The zero-order chi connectivity index (χ0) is 16.1. The number of halogens is 1. The quantitative estimate of drug-likeness (QED) is 0.944. The summed E-state index contributed by atoms with van der Waals surface area (Å²) in [6, 6.07) is 13.2. The molecule has 0 aliphatic rings. The lowest BCUT2D eigenvalue weighted by Gasteiger charge is -2.19. The molecule has 0 atom stereocenters. The monoisotopic (exact) mass is 318 g/mol. The minimum Gasteiger partial charge on any atom is -0.410 e. The number of amides is 2. The van der Waals surface area contributed by atoms with Gasteiger partial charge >= 0.3 is 6.09 Å². The topological polar surface area (TPSA) is 58.6 Å². The third kappa shape index (κ3) is 3.56. The highest BCUT2D eigenvalue weighted by molar-refractivity contribution is 6.30. The highest BCUT2D eigenvalue weighted by Crippen LogP contribution is 2.21. The molecule has 1 N–H and O–H groups in total. The molecular weight excluding hydrogens is 304 g/mol. The van der Waals surface area contributed by atoms with Crippen molar-refractivity contribution in [3.05, 3.63) is 59.1 Å². The average molecular weight is 319 g/mol. The van der Waals surface area contributed by atoms with Gasteiger partial charge in [-0.15, -0.1) is 0 Å². The van der Waals surface area contributed by atoms with Crippen molar-refractivity contribution in [2.24, 2.45) is 0 Å². The fraction of sp³-hybridized carbons (Fsp3) is 0.125. The van der Waals surface area contributed by atoms with Gasteiger partial charge < -0.3 is 10.1 Å². The molecule has 0 bridgehead atoms. The zero-order valence-electron chi connectivity index (χ0n) is 12.2. The van der Waals surface area contributed by atoms with Crippen LogP contribution >= 0.6 is 11.6 Å². The highest BCUT2D eigenvalue weighted by Gasteiger charge is 2.19. The molecule has 0 aliphatic carbocycles. The number of hydrogen-bond donors (Lipinski definition) is 1. The molecule has 114 valence electrons. The second-order valence-corrected chi connectivity index (χ2v) is 4.91. The van der Waals surface area contributed by atoms with E-state index in [0.717, 1.165) is 0 Å². The van der Waals surface area contributed by atoms with Crippen LogP contribution in [0.2, 0.25) is 5.02 Å². The minimum absolute atomic E-state index is 0.276. The summed E-state index contributed by atoms with van der Waals surface area (Å²) in [6.45, 7) is 0. The number of ether oxygens (including phenoxy) is 1. The smallest absolute Gasteiger partial charge is 0.410 e. The molecular formula is C16H15ClN2O3. The van der Waals surface area contributed by atoms with E-state index in [4.69, 9.17) is 16.3 Å². The van der Waals surface area contributed by atoms with Crippen LogP contribution in [0.25, 0.3) is 0 Å². The van der Waals surface area contributed by atoms with Crippen LogP contribution in [0.1, 0.15) is 10.4 Å². The summed E-state index contributed by atoms with van der Waals surface area (Å²) in [5.41, 5.74) is 0.848. The summed E-state index contributed by atoms with van der Waals surface area (Å²) in [4.78, 5) is 25.3. The fourth-order valence-electron chi connectivity index (χ4n) is 1.86. The van der Waals surface area contributed by atoms with Gasteiger partial charge in [0.05, 0.1) is 11.3 Å². The number of anilines is 1. The van der Waals surface area contributed by atoms with Crippen LogP contribution in [0.5, 0.6) is 5.75 Å². The van der Waals surface area contributed by atoms with Gasteiger partial charge in [0.2, 0.25) is 0 Å². The van der Waals surface area contributed by atoms with Crippen molar-refractivity contribution in [3.63, 3.8) is 0 Å². The van der Waals surface area contributed by atoms with Crippen LogP contribution in [-0.2, 0) is 0 Å². The Kier molecular flexibility index (Phi) is 5.01. The minimum atomic E-state index is -0.598. The molecule has 2 aromatic rings. The lowest BCUT2D eigenvalue weighted by molar-refractivity contribution is 0.0963. The second kappa shape index (κ2) is 6.95. The van der Waals surface area contributed by atoms with Crippen LogP contribution in [-0.4, -0.2) is 26.1 Å². The van der Waals surface area contributed by atoms with Crippen LogP contribution in [0.15, 0.2) is 48.5 Å². The molecule has 22 heavy (non-hydrogen) atoms. The van der Waals surface area contributed by atoms with Crippen LogP contribution in [0.4, 0.5) is 10.5 Å². The van der Waals surface area contributed by atoms with Crippen molar-refractivity contribution >= 4 is 29.3 Å². The Balaban J connectivity index is 2.20. The molecule has 5 nitrogen and oxygen atoms in total. The lowest BCUT2D eigenvalue weighted by Crippen LogP contribution is -2.32. The normalized spacial score (nSPS) is 9.95. The first-order chi connectivity index (χ1) is 10.5. The molecule has 0 heterocycles. The van der Waals surface area contributed by atoms with Crippen molar-refractivity contribution in [2.75, 3.05) is 19.0 Å². The number of nitrogens with one attached hydrogen (secondary N) is 1.